The average Bonchev–Trinajstić information content (AvgIpc) is 3.43. The lowest BCUT2D eigenvalue weighted by molar-refractivity contribution is -0.118. The predicted molar refractivity (Wildman–Crippen MR) is 122 cm³/mol. The zero-order chi connectivity index (χ0) is 22.3. The summed E-state index contributed by atoms with van der Waals surface area (Å²) in [5.41, 5.74) is 1.29. The number of ether oxygens (including phenoxy) is 1. The summed E-state index contributed by atoms with van der Waals surface area (Å²) in [4.78, 5) is 31.0. The molecule has 2 amide bonds. The number of amides is 2. The number of carbonyl (C=O) groups is 2. The van der Waals surface area contributed by atoms with Crippen LogP contribution in [0, 0.1) is 0 Å². The molecule has 1 saturated heterocycles. The van der Waals surface area contributed by atoms with Crippen LogP contribution in [0.5, 0.6) is 0 Å². The van der Waals surface area contributed by atoms with Crippen molar-refractivity contribution in [2.45, 2.75) is 10.9 Å². The first kappa shape index (κ1) is 22.1. The third kappa shape index (κ3) is 6.00. The lowest BCUT2D eigenvalue weighted by Crippen LogP contribution is -2.41. The number of anilines is 2. The molecule has 9 nitrogen and oxygen atoms in total. The number of imidazole rings is 1. The van der Waals surface area contributed by atoms with E-state index >= 15 is 0 Å². The van der Waals surface area contributed by atoms with E-state index in [1.165, 1.54) is 11.8 Å². The second kappa shape index (κ2) is 10.5. The first-order valence-corrected chi connectivity index (χ1v) is 11.3. The van der Waals surface area contributed by atoms with Crippen LogP contribution in [0.4, 0.5) is 11.4 Å². The maximum absolute atomic E-state index is 12.5. The van der Waals surface area contributed by atoms with Gasteiger partial charge in [-0.15, -0.1) is 0 Å². The Bertz CT molecular complexity index is 1060. The zero-order valence-electron chi connectivity index (χ0n) is 17.7. The van der Waals surface area contributed by atoms with Gasteiger partial charge in [0.2, 0.25) is 5.91 Å². The van der Waals surface area contributed by atoms with Gasteiger partial charge in [0.05, 0.1) is 25.5 Å². The number of nitrogens with zero attached hydrogens (tertiary/aromatic N) is 3. The molecule has 1 aliphatic heterocycles. The Hall–Kier alpha value is -3.08. The molecule has 168 valence electrons. The maximum Gasteiger partial charge on any atom is 0.291 e. The molecule has 0 bridgehead atoms. The topological polar surface area (TPSA) is 102 Å². The van der Waals surface area contributed by atoms with Crippen LogP contribution in [-0.4, -0.2) is 59.1 Å². The van der Waals surface area contributed by atoms with Crippen LogP contribution in [-0.2, 0) is 22.3 Å². The van der Waals surface area contributed by atoms with Gasteiger partial charge in [-0.1, -0.05) is 11.8 Å². The van der Waals surface area contributed by atoms with E-state index in [0.29, 0.717) is 42.6 Å². The molecule has 0 radical (unpaired) electrons. The molecule has 2 N–H and O–H groups in total. The van der Waals surface area contributed by atoms with E-state index in [1.807, 2.05) is 17.8 Å². The molecule has 0 unspecified atom stereocenters. The first-order chi connectivity index (χ1) is 15.6. The average molecular weight is 456 g/mol. The highest BCUT2D eigenvalue weighted by Gasteiger charge is 2.15. The van der Waals surface area contributed by atoms with E-state index in [2.05, 4.69) is 20.5 Å². The standard InChI is InChI=1S/C22H25N5O4S/c1-26-9-8-23-22(26)32-15-18-6-7-19(31-18)21(29)25-17-4-2-16(3-5-17)24-20(28)14-27-10-12-30-13-11-27/h2-9H,10-15H2,1H3,(H,24,28)(H,25,29). The molecule has 10 heteroatoms. The molecule has 3 aromatic rings. The lowest BCUT2D eigenvalue weighted by Gasteiger charge is -2.25. The summed E-state index contributed by atoms with van der Waals surface area (Å²) in [6.45, 7) is 3.16. The second-order valence-electron chi connectivity index (χ2n) is 7.34. The van der Waals surface area contributed by atoms with E-state index in [1.54, 1.807) is 42.6 Å². The molecule has 0 spiro atoms. The fourth-order valence-electron chi connectivity index (χ4n) is 3.20. The van der Waals surface area contributed by atoms with Gasteiger partial charge in [0, 0.05) is 43.9 Å². The molecule has 4 rings (SSSR count). The SMILES string of the molecule is Cn1ccnc1SCc1ccc(C(=O)Nc2ccc(NC(=O)CN3CCOCC3)cc2)o1. The van der Waals surface area contributed by atoms with Gasteiger partial charge >= 0.3 is 0 Å². The summed E-state index contributed by atoms with van der Waals surface area (Å²) in [6, 6.07) is 10.4. The third-order valence-corrected chi connectivity index (χ3v) is 5.98. The van der Waals surface area contributed by atoms with Crippen LogP contribution in [0.2, 0.25) is 0 Å². The molecule has 3 heterocycles. The van der Waals surface area contributed by atoms with Gasteiger partial charge < -0.3 is 24.4 Å². The van der Waals surface area contributed by atoms with Crippen molar-refractivity contribution in [2.24, 2.45) is 7.05 Å². The van der Waals surface area contributed by atoms with Crippen LogP contribution in [0.15, 0.2) is 58.4 Å². The fourth-order valence-corrected chi connectivity index (χ4v) is 4.02. The van der Waals surface area contributed by atoms with Crippen molar-refractivity contribution in [3.8, 4) is 0 Å². The molecule has 0 aliphatic carbocycles. The van der Waals surface area contributed by atoms with Crippen molar-refractivity contribution in [2.75, 3.05) is 43.5 Å². The highest BCUT2D eigenvalue weighted by molar-refractivity contribution is 7.98. The summed E-state index contributed by atoms with van der Waals surface area (Å²) in [6.07, 6.45) is 3.62. The van der Waals surface area contributed by atoms with Crippen LogP contribution in [0.25, 0.3) is 0 Å². The smallest absolute Gasteiger partial charge is 0.291 e. The molecule has 2 aromatic heterocycles. The van der Waals surface area contributed by atoms with Crippen molar-refractivity contribution < 1.29 is 18.7 Å². The zero-order valence-corrected chi connectivity index (χ0v) is 18.6. The van der Waals surface area contributed by atoms with E-state index in [4.69, 9.17) is 9.15 Å². The van der Waals surface area contributed by atoms with Gasteiger partial charge in [-0.05, 0) is 36.4 Å². The number of hydrogen-bond acceptors (Lipinski definition) is 7. The monoisotopic (exact) mass is 455 g/mol. The number of nitrogens with one attached hydrogen (secondary N) is 2. The van der Waals surface area contributed by atoms with Gasteiger partial charge in [0.25, 0.3) is 5.91 Å². The molecular formula is C22H25N5O4S. The molecule has 1 aromatic carbocycles. The number of aryl methyl sites for hydroxylation is 1. The summed E-state index contributed by atoms with van der Waals surface area (Å²) in [5, 5.41) is 6.56. The molecule has 32 heavy (non-hydrogen) atoms. The van der Waals surface area contributed by atoms with Crippen molar-refractivity contribution in [1.29, 1.82) is 0 Å². The lowest BCUT2D eigenvalue weighted by atomic mass is 10.2. The number of carbonyl (C=O) groups excluding carboxylic acids is 2. The van der Waals surface area contributed by atoms with E-state index in [0.717, 1.165) is 18.2 Å². The van der Waals surface area contributed by atoms with Gasteiger partial charge in [-0.3, -0.25) is 14.5 Å². The molecule has 0 atom stereocenters. The Morgan fingerprint density at radius 1 is 1.06 bits per heavy atom. The summed E-state index contributed by atoms with van der Waals surface area (Å²) < 4.78 is 12.9. The number of thioether (sulfide) groups is 1. The van der Waals surface area contributed by atoms with Gasteiger partial charge in [-0.2, -0.15) is 0 Å². The van der Waals surface area contributed by atoms with E-state index in [9.17, 15) is 9.59 Å². The van der Waals surface area contributed by atoms with Crippen molar-refractivity contribution >= 4 is 35.0 Å². The minimum absolute atomic E-state index is 0.0739. The second-order valence-corrected chi connectivity index (χ2v) is 8.29. The van der Waals surface area contributed by atoms with Crippen LogP contribution >= 0.6 is 11.8 Å². The number of morpholine rings is 1. The Morgan fingerprint density at radius 3 is 2.47 bits per heavy atom. The molecule has 0 saturated carbocycles. The summed E-state index contributed by atoms with van der Waals surface area (Å²) in [7, 11) is 1.93. The van der Waals surface area contributed by atoms with Crippen molar-refractivity contribution in [3.05, 3.63) is 60.3 Å². The van der Waals surface area contributed by atoms with Gasteiger partial charge in [0.15, 0.2) is 10.9 Å². The minimum Gasteiger partial charge on any atom is -0.455 e. The van der Waals surface area contributed by atoms with E-state index in [-0.39, 0.29) is 17.6 Å². The fraction of sp³-hybridized carbons (Fsp3) is 0.318. The molecular weight excluding hydrogens is 430 g/mol. The van der Waals surface area contributed by atoms with Crippen molar-refractivity contribution in [1.82, 2.24) is 14.5 Å². The quantitative estimate of drug-likeness (QED) is 0.504. The normalized spacial score (nSPS) is 14.3. The number of benzene rings is 1. The summed E-state index contributed by atoms with van der Waals surface area (Å²) in [5.74, 6) is 1.11. The Kier molecular flexibility index (Phi) is 7.25. The predicted octanol–water partition coefficient (Wildman–Crippen LogP) is 2.83. The Labute approximate surface area is 190 Å². The Morgan fingerprint density at radius 2 is 1.78 bits per heavy atom. The van der Waals surface area contributed by atoms with Crippen LogP contribution < -0.4 is 10.6 Å². The molecule has 1 aliphatic rings. The Balaban J connectivity index is 1.26. The first-order valence-electron chi connectivity index (χ1n) is 10.3. The largest absolute Gasteiger partial charge is 0.455 e. The highest BCUT2D eigenvalue weighted by atomic mass is 32.2. The van der Waals surface area contributed by atoms with Crippen LogP contribution in [0.3, 0.4) is 0 Å². The van der Waals surface area contributed by atoms with Crippen molar-refractivity contribution in [3.63, 3.8) is 0 Å². The molecule has 1 fully saturated rings. The number of furan rings is 1. The third-order valence-electron chi connectivity index (χ3n) is 4.90. The number of hydrogen-bond donors (Lipinski definition) is 2. The number of aromatic nitrogens is 2. The maximum atomic E-state index is 12.5. The number of rotatable bonds is 8. The van der Waals surface area contributed by atoms with Crippen LogP contribution in [0.1, 0.15) is 16.3 Å². The van der Waals surface area contributed by atoms with Gasteiger partial charge in [0.1, 0.15) is 5.76 Å². The van der Waals surface area contributed by atoms with E-state index < -0.39 is 0 Å². The van der Waals surface area contributed by atoms with Gasteiger partial charge in [-0.25, -0.2) is 4.98 Å². The summed E-state index contributed by atoms with van der Waals surface area (Å²) >= 11 is 1.54. The minimum atomic E-state index is -0.331. The highest BCUT2D eigenvalue weighted by Crippen LogP contribution is 2.22.